The fourth-order valence-electron chi connectivity index (χ4n) is 3.37. The van der Waals surface area contributed by atoms with Crippen LogP contribution in [0.4, 0.5) is 24.5 Å². The SMILES string of the molecule is O=[N+]([O-])c1ccc(NCC2(CN3CCCC3)COC2)c(C(F)(F)F)c1. The van der Waals surface area contributed by atoms with Crippen molar-refractivity contribution in [2.24, 2.45) is 5.41 Å². The Hall–Kier alpha value is -1.87. The number of rotatable bonds is 6. The Kier molecular flexibility index (Phi) is 4.88. The minimum Gasteiger partial charge on any atom is -0.384 e. The second-order valence-corrected chi connectivity index (χ2v) is 6.81. The second kappa shape index (κ2) is 6.80. The molecule has 0 amide bonds. The van der Waals surface area contributed by atoms with Crippen LogP contribution in [0.3, 0.4) is 0 Å². The van der Waals surface area contributed by atoms with Gasteiger partial charge in [-0.3, -0.25) is 10.1 Å². The van der Waals surface area contributed by atoms with Crippen molar-refractivity contribution < 1.29 is 22.8 Å². The summed E-state index contributed by atoms with van der Waals surface area (Å²) < 4.78 is 45.0. The zero-order valence-electron chi connectivity index (χ0n) is 13.6. The Labute approximate surface area is 143 Å². The van der Waals surface area contributed by atoms with Crippen molar-refractivity contribution in [3.63, 3.8) is 0 Å². The monoisotopic (exact) mass is 359 g/mol. The molecular weight excluding hydrogens is 339 g/mol. The van der Waals surface area contributed by atoms with Crippen molar-refractivity contribution in [1.29, 1.82) is 0 Å². The first-order chi connectivity index (χ1) is 11.8. The summed E-state index contributed by atoms with van der Waals surface area (Å²) in [5.41, 5.74) is -1.93. The molecule has 0 radical (unpaired) electrons. The highest BCUT2D eigenvalue weighted by Gasteiger charge is 2.41. The predicted molar refractivity (Wildman–Crippen MR) is 85.5 cm³/mol. The topological polar surface area (TPSA) is 67.6 Å². The van der Waals surface area contributed by atoms with E-state index in [0.717, 1.165) is 44.6 Å². The van der Waals surface area contributed by atoms with Gasteiger partial charge in [-0.25, -0.2) is 0 Å². The van der Waals surface area contributed by atoms with Crippen molar-refractivity contribution in [2.75, 3.05) is 44.7 Å². The quantitative estimate of drug-likeness (QED) is 0.624. The zero-order valence-corrected chi connectivity index (χ0v) is 13.6. The average molecular weight is 359 g/mol. The van der Waals surface area contributed by atoms with E-state index in [9.17, 15) is 23.3 Å². The van der Waals surface area contributed by atoms with Crippen molar-refractivity contribution in [3.05, 3.63) is 33.9 Å². The minimum absolute atomic E-state index is 0.134. The molecule has 0 atom stereocenters. The van der Waals surface area contributed by atoms with E-state index in [2.05, 4.69) is 10.2 Å². The Morgan fingerprint density at radius 3 is 2.48 bits per heavy atom. The van der Waals surface area contributed by atoms with Crippen LogP contribution in [0.1, 0.15) is 18.4 Å². The molecule has 1 aromatic rings. The molecule has 25 heavy (non-hydrogen) atoms. The third kappa shape index (κ3) is 4.04. The fraction of sp³-hybridized carbons (Fsp3) is 0.625. The summed E-state index contributed by atoms with van der Waals surface area (Å²) in [6.07, 6.45) is -2.37. The van der Waals surface area contributed by atoms with E-state index in [-0.39, 0.29) is 11.1 Å². The first-order valence-electron chi connectivity index (χ1n) is 8.19. The average Bonchev–Trinajstić information content (AvgIpc) is 3.01. The smallest absolute Gasteiger partial charge is 0.384 e. The maximum Gasteiger partial charge on any atom is 0.418 e. The van der Waals surface area contributed by atoms with Crippen LogP contribution < -0.4 is 5.32 Å². The molecule has 138 valence electrons. The van der Waals surface area contributed by atoms with E-state index in [1.165, 1.54) is 0 Å². The largest absolute Gasteiger partial charge is 0.418 e. The summed E-state index contributed by atoms with van der Waals surface area (Å²) in [5.74, 6) is 0. The number of nitro benzene ring substituents is 1. The van der Waals surface area contributed by atoms with E-state index < -0.39 is 22.4 Å². The summed E-state index contributed by atoms with van der Waals surface area (Å²) in [5, 5.41) is 13.6. The molecular formula is C16H20F3N3O3. The third-order valence-electron chi connectivity index (χ3n) is 4.75. The number of ether oxygens (including phenoxy) is 1. The van der Waals surface area contributed by atoms with Crippen LogP contribution in [-0.2, 0) is 10.9 Å². The molecule has 2 aliphatic rings. The molecule has 0 aromatic heterocycles. The van der Waals surface area contributed by atoms with Crippen LogP contribution in [0.25, 0.3) is 0 Å². The molecule has 0 saturated carbocycles. The van der Waals surface area contributed by atoms with Gasteiger partial charge in [-0.15, -0.1) is 0 Å². The molecule has 0 bridgehead atoms. The fourth-order valence-corrected chi connectivity index (χ4v) is 3.37. The highest BCUT2D eigenvalue weighted by Crippen LogP contribution is 2.38. The van der Waals surface area contributed by atoms with Gasteiger partial charge in [-0.1, -0.05) is 0 Å². The first kappa shape index (κ1) is 17.9. The van der Waals surface area contributed by atoms with Crippen LogP contribution in [0, 0.1) is 15.5 Å². The van der Waals surface area contributed by atoms with Gasteiger partial charge in [-0.05, 0) is 32.0 Å². The Bertz CT molecular complexity index is 641. The molecule has 9 heteroatoms. The Balaban J connectivity index is 1.74. The van der Waals surface area contributed by atoms with Gasteiger partial charge in [0.1, 0.15) is 0 Å². The summed E-state index contributed by atoms with van der Waals surface area (Å²) in [6.45, 7) is 4.15. The summed E-state index contributed by atoms with van der Waals surface area (Å²) in [7, 11) is 0. The molecule has 2 fully saturated rings. The lowest BCUT2D eigenvalue weighted by Crippen LogP contribution is -2.54. The Morgan fingerprint density at radius 1 is 1.28 bits per heavy atom. The highest BCUT2D eigenvalue weighted by atomic mass is 19.4. The molecule has 6 nitrogen and oxygen atoms in total. The van der Waals surface area contributed by atoms with Gasteiger partial charge in [0.15, 0.2) is 0 Å². The van der Waals surface area contributed by atoms with Gasteiger partial charge in [-0.2, -0.15) is 13.2 Å². The number of benzene rings is 1. The zero-order chi connectivity index (χ0) is 18.1. The number of nitrogens with zero attached hydrogens (tertiary/aromatic N) is 2. The van der Waals surface area contributed by atoms with Gasteiger partial charge < -0.3 is 15.0 Å². The molecule has 0 spiro atoms. The maximum absolute atomic E-state index is 13.2. The van der Waals surface area contributed by atoms with E-state index in [4.69, 9.17) is 4.74 Å². The van der Waals surface area contributed by atoms with Gasteiger partial charge in [0.2, 0.25) is 0 Å². The van der Waals surface area contributed by atoms with Crippen LogP contribution in [-0.4, -0.2) is 49.2 Å². The number of likely N-dealkylation sites (tertiary alicyclic amines) is 1. The lowest BCUT2D eigenvalue weighted by Gasteiger charge is -2.44. The first-order valence-corrected chi connectivity index (χ1v) is 8.19. The second-order valence-electron chi connectivity index (χ2n) is 6.81. The molecule has 1 aromatic carbocycles. The van der Waals surface area contributed by atoms with E-state index in [1.54, 1.807) is 0 Å². The van der Waals surface area contributed by atoms with Crippen molar-refractivity contribution in [3.8, 4) is 0 Å². The number of nitrogens with one attached hydrogen (secondary N) is 1. The highest BCUT2D eigenvalue weighted by molar-refractivity contribution is 5.57. The lowest BCUT2D eigenvalue weighted by molar-refractivity contribution is -0.385. The van der Waals surface area contributed by atoms with Gasteiger partial charge in [0, 0.05) is 36.3 Å². The molecule has 0 aliphatic carbocycles. The number of halogens is 3. The Morgan fingerprint density at radius 2 is 1.96 bits per heavy atom. The number of alkyl halides is 3. The summed E-state index contributed by atoms with van der Waals surface area (Å²) in [4.78, 5) is 12.2. The number of nitro groups is 1. The number of hydrogen-bond acceptors (Lipinski definition) is 5. The predicted octanol–water partition coefficient (Wildman–Crippen LogP) is 3.14. The van der Waals surface area contributed by atoms with Gasteiger partial charge in [0.05, 0.1) is 23.7 Å². The molecule has 1 N–H and O–H groups in total. The molecule has 3 rings (SSSR count). The van der Waals surface area contributed by atoms with Crippen LogP contribution in [0.15, 0.2) is 18.2 Å². The van der Waals surface area contributed by atoms with Gasteiger partial charge >= 0.3 is 6.18 Å². The number of hydrogen-bond donors (Lipinski definition) is 1. The van der Waals surface area contributed by atoms with Crippen molar-refractivity contribution >= 4 is 11.4 Å². The van der Waals surface area contributed by atoms with Crippen LogP contribution in [0.5, 0.6) is 0 Å². The minimum atomic E-state index is -4.66. The maximum atomic E-state index is 13.2. The van der Waals surface area contributed by atoms with E-state index in [1.807, 2.05) is 0 Å². The van der Waals surface area contributed by atoms with Gasteiger partial charge in [0.25, 0.3) is 5.69 Å². The molecule has 0 unspecified atom stereocenters. The van der Waals surface area contributed by atoms with Crippen molar-refractivity contribution in [1.82, 2.24) is 4.90 Å². The third-order valence-corrected chi connectivity index (χ3v) is 4.75. The standard InChI is InChI=1S/C16H20F3N3O3/c17-16(18,19)13-7-12(22(23)24)3-4-14(13)20-8-15(10-25-11-15)9-21-5-1-2-6-21/h3-4,7,20H,1-2,5-6,8-11H2. The van der Waals surface area contributed by atoms with Crippen molar-refractivity contribution in [2.45, 2.75) is 19.0 Å². The molecule has 2 aliphatic heterocycles. The number of non-ortho nitro benzene ring substituents is 1. The summed E-state index contributed by atoms with van der Waals surface area (Å²) >= 11 is 0. The van der Waals surface area contributed by atoms with Crippen LogP contribution in [0.2, 0.25) is 0 Å². The van der Waals surface area contributed by atoms with E-state index in [0.29, 0.717) is 25.8 Å². The number of anilines is 1. The van der Waals surface area contributed by atoms with Crippen LogP contribution >= 0.6 is 0 Å². The summed E-state index contributed by atoms with van der Waals surface area (Å²) in [6, 6.07) is 2.79. The normalized spacial score (nSPS) is 20.3. The lowest BCUT2D eigenvalue weighted by atomic mass is 9.85. The molecule has 2 heterocycles. The molecule has 2 saturated heterocycles. The van der Waals surface area contributed by atoms with E-state index >= 15 is 0 Å².